The number of aryl methyl sites for hydroxylation is 1. The van der Waals surface area contributed by atoms with Crippen molar-refractivity contribution < 1.29 is 5.11 Å². The third-order valence-corrected chi connectivity index (χ3v) is 4.20. The van der Waals surface area contributed by atoms with Crippen LogP contribution in [0.1, 0.15) is 30.9 Å². The molecule has 0 aliphatic carbocycles. The van der Waals surface area contributed by atoms with E-state index in [4.69, 9.17) is 0 Å². The van der Waals surface area contributed by atoms with Gasteiger partial charge in [0.05, 0.1) is 0 Å². The third kappa shape index (κ3) is 2.61. The molecule has 2 atom stereocenters. The van der Waals surface area contributed by atoms with Crippen LogP contribution in [0, 0.1) is 13.8 Å². The number of anilines is 1. The van der Waals surface area contributed by atoms with E-state index in [2.05, 4.69) is 30.3 Å². The second-order valence-corrected chi connectivity index (χ2v) is 5.60. The average molecular weight is 248 g/mol. The van der Waals surface area contributed by atoms with Crippen molar-refractivity contribution in [3.63, 3.8) is 0 Å². The number of aromatic hydroxyl groups is 1. The van der Waals surface area contributed by atoms with Crippen molar-refractivity contribution in [3.05, 3.63) is 23.3 Å². The fourth-order valence-corrected chi connectivity index (χ4v) is 2.63. The number of hydrogen-bond donors (Lipinski definition) is 2. The van der Waals surface area contributed by atoms with Crippen molar-refractivity contribution in [2.24, 2.45) is 0 Å². The summed E-state index contributed by atoms with van der Waals surface area (Å²) in [5, 5.41) is 13.5. The van der Waals surface area contributed by atoms with Crippen molar-refractivity contribution in [2.75, 3.05) is 18.9 Å². The second kappa shape index (κ2) is 5.19. The van der Waals surface area contributed by atoms with Crippen molar-refractivity contribution in [1.82, 2.24) is 4.90 Å². The van der Waals surface area contributed by atoms with Gasteiger partial charge in [-0.05, 0) is 52.3 Å². The molecule has 1 aliphatic heterocycles. The summed E-state index contributed by atoms with van der Waals surface area (Å²) >= 11 is 0. The maximum Gasteiger partial charge on any atom is 0.123 e. The lowest BCUT2D eigenvalue weighted by atomic mass is 9.98. The molecule has 1 heterocycles. The van der Waals surface area contributed by atoms with Gasteiger partial charge in [0, 0.05) is 29.9 Å². The number of likely N-dealkylation sites (tertiary alicyclic amines) is 1. The van der Waals surface area contributed by atoms with Gasteiger partial charge >= 0.3 is 0 Å². The molecule has 0 spiro atoms. The number of hydrogen-bond acceptors (Lipinski definition) is 3. The van der Waals surface area contributed by atoms with E-state index in [0.717, 1.165) is 36.2 Å². The Bertz CT molecular complexity index is 431. The Morgan fingerprint density at radius 1 is 1.33 bits per heavy atom. The molecular weight excluding hydrogens is 224 g/mol. The lowest BCUT2D eigenvalue weighted by Gasteiger charge is -2.36. The molecule has 100 valence electrons. The summed E-state index contributed by atoms with van der Waals surface area (Å²) in [7, 11) is 2.18. The summed E-state index contributed by atoms with van der Waals surface area (Å²) < 4.78 is 0. The minimum absolute atomic E-state index is 0.418. The van der Waals surface area contributed by atoms with E-state index in [1.54, 1.807) is 0 Å². The summed E-state index contributed by atoms with van der Waals surface area (Å²) in [6.45, 7) is 7.32. The van der Waals surface area contributed by atoms with Crippen LogP contribution in [0.5, 0.6) is 5.75 Å². The van der Waals surface area contributed by atoms with Crippen LogP contribution < -0.4 is 5.32 Å². The maximum absolute atomic E-state index is 9.96. The highest BCUT2D eigenvalue weighted by atomic mass is 16.3. The SMILES string of the molecule is Cc1ccc(NC2CCN(C)C(C)C2)c(C)c1O. The topological polar surface area (TPSA) is 35.5 Å². The number of phenols is 1. The zero-order valence-electron chi connectivity index (χ0n) is 11.8. The van der Waals surface area contributed by atoms with Gasteiger partial charge in [0.1, 0.15) is 5.75 Å². The first-order valence-electron chi connectivity index (χ1n) is 6.75. The standard InChI is InChI=1S/C15H24N2O/c1-10-5-6-14(12(3)15(10)18)16-13-7-8-17(4)11(2)9-13/h5-6,11,13,16,18H,7-9H2,1-4H3. The third-order valence-electron chi connectivity index (χ3n) is 4.20. The van der Waals surface area contributed by atoms with Crippen LogP contribution in [0.2, 0.25) is 0 Å². The Kier molecular flexibility index (Phi) is 3.81. The molecule has 1 aromatic carbocycles. The van der Waals surface area contributed by atoms with Crippen molar-refractivity contribution in [1.29, 1.82) is 0 Å². The lowest BCUT2D eigenvalue weighted by molar-refractivity contribution is 0.190. The highest BCUT2D eigenvalue weighted by Gasteiger charge is 2.23. The van der Waals surface area contributed by atoms with Gasteiger partial charge < -0.3 is 15.3 Å². The van der Waals surface area contributed by atoms with Crippen molar-refractivity contribution in [2.45, 2.75) is 45.7 Å². The quantitative estimate of drug-likeness (QED) is 0.844. The highest BCUT2D eigenvalue weighted by Crippen LogP contribution is 2.30. The molecule has 2 N–H and O–H groups in total. The Labute approximate surface area is 110 Å². The largest absolute Gasteiger partial charge is 0.507 e. The van der Waals surface area contributed by atoms with Crippen LogP contribution >= 0.6 is 0 Å². The van der Waals surface area contributed by atoms with E-state index < -0.39 is 0 Å². The van der Waals surface area contributed by atoms with Gasteiger partial charge in [-0.15, -0.1) is 0 Å². The second-order valence-electron chi connectivity index (χ2n) is 5.60. The minimum Gasteiger partial charge on any atom is -0.507 e. The first-order chi connectivity index (χ1) is 8.49. The molecule has 2 rings (SSSR count). The van der Waals surface area contributed by atoms with Gasteiger partial charge in [0.15, 0.2) is 0 Å². The summed E-state index contributed by atoms with van der Waals surface area (Å²) in [5.74, 6) is 0.418. The van der Waals surface area contributed by atoms with Gasteiger partial charge in [0.25, 0.3) is 0 Å². The molecule has 18 heavy (non-hydrogen) atoms. The van der Waals surface area contributed by atoms with Gasteiger partial charge in [-0.1, -0.05) is 6.07 Å². The molecule has 0 bridgehead atoms. The lowest BCUT2D eigenvalue weighted by Crippen LogP contribution is -2.42. The molecule has 2 unspecified atom stereocenters. The smallest absolute Gasteiger partial charge is 0.123 e. The molecule has 0 aromatic heterocycles. The molecule has 1 saturated heterocycles. The van der Waals surface area contributed by atoms with Crippen molar-refractivity contribution in [3.8, 4) is 5.75 Å². The van der Waals surface area contributed by atoms with E-state index >= 15 is 0 Å². The molecule has 0 amide bonds. The molecule has 1 fully saturated rings. The van der Waals surface area contributed by atoms with Gasteiger partial charge in [0.2, 0.25) is 0 Å². The Balaban J connectivity index is 2.08. The van der Waals surface area contributed by atoms with Crippen LogP contribution in [0.25, 0.3) is 0 Å². The van der Waals surface area contributed by atoms with Gasteiger partial charge in [-0.2, -0.15) is 0 Å². The Morgan fingerprint density at radius 3 is 2.72 bits per heavy atom. The number of phenolic OH excluding ortho intramolecular Hbond substituents is 1. The monoisotopic (exact) mass is 248 g/mol. The molecular formula is C15H24N2O. The number of rotatable bonds is 2. The fourth-order valence-electron chi connectivity index (χ4n) is 2.63. The van der Waals surface area contributed by atoms with E-state index in [9.17, 15) is 5.11 Å². The van der Waals surface area contributed by atoms with Gasteiger partial charge in [-0.25, -0.2) is 0 Å². The number of benzene rings is 1. The zero-order valence-corrected chi connectivity index (χ0v) is 11.8. The van der Waals surface area contributed by atoms with Crippen LogP contribution in [-0.2, 0) is 0 Å². The molecule has 0 saturated carbocycles. The zero-order chi connectivity index (χ0) is 13.3. The highest BCUT2D eigenvalue weighted by molar-refractivity contribution is 5.59. The predicted octanol–water partition coefficient (Wildman–Crippen LogP) is 2.90. The molecule has 3 heteroatoms. The fraction of sp³-hybridized carbons (Fsp3) is 0.600. The van der Waals surface area contributed by atoms with E-state index in [1.165, 1.54) is 0 Å². The van der Waals surface area contributed by atoms with E-state index in [-0.39, 0.29) is 0 Å². The molecule has 3 nitrogen and oxygen atoms in total. The Morgan fingerprint density at radius 2 is 2.06 bits per heavy atom. The summed E-state index contributed by atoms with van der Waals surface area (Å²) in [6.07, 6.45) is 2.32. The number of piperidine rings is 1. The molecule has 1 aromatic rings. The summed E-state index contributed by atoms with van der Waals surface area (Å²) in [4.78, 5) is 2.40. The predicted molar refractivity (Wildman–Crippen MR) is 76.3 cm³/mol. The van der Waals surface area contributed by atoms with E-state index in [1.807, 2.05) is 19.9 Å². The minimum atomic E-state index is 0.418. The van der Waals surface area contributed by atoms with Crippen molar-refractivity contribution >= 4 is 5.69 Å². The molecule has 1 aliphatic rings. The van der Waals surface area contributed by atoms with Crippen LogP contribution in [-0.4, -0.2) is 35.7 Å². The van der Waals surface area contributed by atoms with E-state index in [0.29, 0.717) is 17.8 Å². The first kappa shape index (κ1) is 13.2. The van der Waals surface area contributed by atoms with Crippen LogP contribution in [0.15, 0.2) is 12.1 Å². The average Bonchev–Trinajstić information content (AvgIpc) is 2.34. The normalized spacial score (nSPS) is 25.1. The maximum atomic E-state index is 9.96. The summed E-state index contributed by atoms with van der Waals surface area (Å²) in [5.41, 5.74) is 2.97. The molecule has 0 radical (unpaired) electrons. The van der Waals surface area contributed by atoms with Crippen LogP contribution in [0.3, 0.4) is 0 Å². The number of nitrogens with one attached hydrogen (secondary N) is 1. The first-order valence-corrected chi connectivity index (χ1v) is 6.75. The number of nitrogens with zero attached hydrogens (tertiary/aromatic N) is 1. The van der Waals surface area contributed by atoms with Crippen LogP contribution in [0.4, 0.5) is 5.69 Å². The van der Waals surface area contributed by atoms with Gasteiger partial charge in [-0.3, -0.25) is 0 Å². The summed E-state index contributed by atoms with van der Waals surface area (Å²) in [6, 6.07) is 5.18. The Hall–Kier alpha value is -1.22.